The number of hydrogen-bond acceptors (Lipinski definition) is 5. The van der Waals surface area contributed by atoms with E-state index in [0.717, 1.165) is 16.5 Å². The summed E-state index contributed by atoms with van der Waals surface area (Å²) in [6.45, 7) is 0.301. The molecule has 28 heavy (non-hydrogen) atoms. The highest BCUT2D eigenvalue weighted by atomic mass is 32.2. The second kappa shape index (κ2) is 7.57. The Balaban J connectivity index is 1.40. The van der Waals surface area contributed by atoms with Crippen LogP contribution in [0.2, 0.25) is 0 Å². The summed E-state index contributed by atoms with van der Waals surface area (Å²) in [5.74, 6) is 0.558. The largest absolute Gasteiger partial charge is 0.490 e. The number of aromatic nitrogens is 1. The molecule has 2 N–H and O–H groups in total. The lowest BCUT2D eigenvalue weighted by Gasteiger charge is -2.17. The summed E-state index contributed by atoms with van der Waals surface area (Å²) in [6, 6.07) is 14.1. The summed E-state index contributed by atoms with van der Waals surface area (Å²) in [7, 11) is -3.66. The van der Waals surface area contributed by atoms with Gasteiger partial charge in [-0.15, -0.1) is 0 Å². The minimum atomic E-state index is -3.66. The maximum Gasteiger partial charge on any atom is 0.240 e. The minimum absolute atomic E-state index is 0.0543. The number of nitrogens with one attached hydrogen (secondary N) is 2. The first kappa shape index (κ1) is 18.4. The summed E-state index contributed by atoms with van der Waals surface area (Å²) in [6.07, 6.45) is 2.58. The molecule has 0 aliphatic carbocycles. The number of pyridine rings is 1. The molecule has 3 aromatic rings. The maximum atomic E-state index is 12.5. The van der Waals surface area contributed by atoms with E-state index in [4.69, 9.17) is 4.74 Å². The van der Waals surface area contributed by atoms with Gasteiger partial charge in [-0.1, -0.05) is 18.2 Å². The molecule has 0 fully saturated rings. The third-order valence-electron chi connectivity index (χ3n) is 4.53. The number of carbonyl (C=O) groups is 1. The molecule has 0 saturated carbocycles. The van der Waals surface area contributed by atoms with Crippen molar-refractivity contribution in [3.63, 3.8) is 0 Å². The quantitative estimate of drug-likeness (QED) is 0.623. The number of hydrogen-bond donors (Lipinski definition) is 2. The fourth-order valence-corrected chi connectivity index (χ4v) is 4.20. The molecule has 1 aliphatic rings. The molecule has 0 unspecified atom stereocenters. The van der Waals surface area contributed by atoms with E-state index in [1.807, 2.05) is 30.3 Å². The first-order valence-corrected chi connectivity index (χ1v) is 10.4. The zero-order valence-corrected chi connectivity index (χ0v) is 15.8. The summed E-state index contributed by atoms with van der Waals surface area (Å²) in [4.78, 5) is 15.9. The maximum absolute atomic E-state index is 12.5. The lowest BCUT2D eigenvalue weighted by atomic mass is 10.0. The summed E-state index contributed by atoms with van der Waals surface area (Å²) in [5, 5.41) is 3.70. The first-order chi connectivity index (χ1) is 13.5. The van der Waals surface area contributed by atoms with E-state index in [1.54, 1.807) is 18.3 Å². The standard InChI is InChI=1S/C20H19N3O4S/c24-19-9-6-15-13-16(7-8-17(15)23-19)28(25,26)22-11-12-27-18-5-1-3-14-4-2-10-21-20(14)18/h1-5,7-8,10,13,22H,6,9,11-12H2,(H,23,24). The van der Waals surface area contributed by atoms with Crippen molar-refractivity contribution in [3.8, 4) is 5.75 Å². The fraction of sp³-hybridized carbons (Fsp3) is 0.200. The van der Waals surface area contributed by atoms with Gasteiger partial charge in [-0.25, -0.2) is 13.1 Å². The molecule has 0 bridgehead atoms. The van der Waals surface area contributed by atoms with Gasteiger partial charge in [0.05, 0.1) is 4.90 Å². The molecule has 0 spiro atoms. The number of benzene rings is 2. The van der Waals surface area contributed by atoms with Crippen molar-refractivity contribution < 1.29 is 17.9 Å². The van der Waals surface area contributed by atoms with Crippen molar-refractivity contribution in [2.24, 2.45) is 0 Å². The van der Waals surface area contributed by atoms with Crippen LogP contribution in [0.1, 0.15) is 12.0 Å². The summed E-state index contributed by atoms with van der Waals surface area (Å²) in [5.41, 5.74) is 2.23. The third-order valence-corrected chi connectivity index (χ3v) is 5.99. The van der Waals surface area contributed by atoms with Crippen LogP contribution in [0.25, 0.3) is 10.9 Å². The van der Waals surface area contributed by atoms with Crippen LogP contribution in [-0.4, -0.2) is 32.5 Å². The molecule has 0 atom stereocenters. The van der Waals surface area contributed by atoms with E-state index < -0.39 is 10.0 Å². The number of anilines is 1. The zero-order chi connectivity index (χ0) is 19.6. The second-order valence-electron chi connectivity index (χ2n) is 6.44. The molecule has 144 valence electrons. The van der Waals surface area contributed by atoms with Gasteiger partial charge in [-0.3, -0.25) is 9.78 Å². The average Bonchev–Trinajstić information content (AvgIpc) is 2.71. The van der Waals surface area contributed by atoms with Gasteiger partial charge in [0.1, 0.15) is 17.9 Å². The summed E-state index contributed by atoms with van der Waals surface area (Å²) >= 11 is 0. The van der Waals surface area contributed by atoms with Crippen LogP contribution in [0.5, 0.6) is 5.75 Å². The number of rotatable bonds is 6. The number of sulfonamides is 1. The Morgan fingerprint density at radius 2 is 1.96 bits per heavy atom. The molecule has 8 heteroatoms. The number of fused-ring (bicyclic) bond motifs is 2. The Bertz CT molecular complexity index is 1140. The molecule has 1 aliphatic heterocycles. The van der Waals surface area contributed by atoms with Gasteiger partial charge in [0.15, 0.2) is 0 Å². The second-order valence-corrected chi connectivity index (χ2v) is 8.21. The van der Waals surface area contributed by atoms with Crippen LogP contribution in [0.4, 0.5) is 5.69 Å². The van der Waals surface area contributed by atoms with E-state index in [1.165, 1.54) is 6.07 Å². The number of amides is 1. The number of nitrogens with zero attached hydrogens (tertiary/aromatic N) is 1. The van der Waals surface area contributed by atoms with Crippen molar-refractivity contribution in [2.75, 3.05) is 18.5 Å². The van der Waals surface area contributed by atoms with Crippen molar-refractivity contribution in [3.05, 3.63) is 60.3 Å². The van der Waals surface area contributed by atoms with Crippen LogP contribution in [0.15, 0.2) is 59.6 Å². The Morgan fingerprint density at radius 1 is 1.11 bits per heavy atom. The smallest absolute Gasteiger partial charge is 0.240 e. The SMILES string of the molecule is O=C1CCc2cc(S(=O)(=O)NCCOc3cccc4cccnc34)ccc2N1. The van der Waals surface area contributed by atoms with E-state index >= 15 is 0 Å². The van der Waals surface area contributed by atoms with Crippen molar-refractivity contribution >= 4 is 32.5 Å². The van der Waals surface area contributed by atoms with E-state index in [0.29, 0.717) is 24.3 Å². The highest BCUT2D eigenvalue weighted by Crippen LogP contribution is 2.25. The molecule has 7 nitrogen and oxygen atoms in total. The van der Waals surface area contributed by atoms with Crippen LogP contribution in [0.3, 0.4) is 0 Å². The van der Waals surface area contributed by atoms with Crippen molar-refractivity contribution in [1.29, 1.82) is 0 Å². The normalized spacial score (nSPS) is 13.8. The zero-order valence-electron chi connectivity index (χ0n) is 15.0. The van der Waals surface area contributed by atoms with Gasteiger partial charge >= 0.3 is 0 Å². The van der Waals surface area contributed by atoms with Gasteiger partial charge < -0.3 is 10.1 Å². The Labute approximate surface area is 162 Å². The molecular weight excluding hydrogens is 378 g/mol. The first-order valence-electron chi connectivity index (χ1n) is 8.92. The van der Waals surface area contributed by atoms with Gasteiger partial charge in [0, 0.05) is 30.2 Å². The Kier molecular flexibility index (Phi) is 4.97. The fourth-order valence-electron chi connectivity index (χ4n) is 3.14. The third kappa shape index (κ3) is 3.83. The van der Waals surface area contributed by atoms with Gasteiger partial charge in [-0.05, 0) is 42.3 Å². The molecule has 4 rings (SSSR count). The van der Waals surface area contributed by atoms with E-state index in [-0.39, 0.29) is 24.0 Å². The van der Waals surface area contributed by atoms with Gasteiger partial charge in [-0.2, -0.15) is 0 Å². The Hall–Kier alpha value is -2.97. The topological polar surface area (TPSA) is 97.4 Å². The van der Waals surface area contributed by atoms with Crippen LogP contribution in [-0.2, 0) is 21.2 Å². The Morgan fingerprint density at radius 3 is 2.86 bits per heavy atom. The molecule has 1 amide bonds. The van der Waals surface area contributed by atoms with Gasteiger partial charge in [0.2, 0.25) is 15.9 Å². The predicted molar refractivity (Wildman–Crippen MR) is 106 cm³/mol. The molecular formula is C20H19N3O4S. The number of aryl methyl sites for hydroxylation is 1. The number of para-hydroxylation sites is 1. The number of ether oxygens (including phenoxy) is 1. The highest BCUT2D eigenvalue weighted by molar-refractivity contribution is 7.89. The lowest BCUT2D eigenvalue weighted by molar-refractivity contribution is -0.116. The van der Waals surface area contributed by atoms with Crippen molar-refractivity contribution in [1.82, 2.24) is 9.71 Å². The molecule has 2 aromatic carbocycles. The molecule has 0 saturated heterocycles. The minimum Gasteiger partial charge on any atom is -0.490 e. The highest BCUT2D eigenvalue weighted by Gasteiger charge is 2.19. The number of carbonyl (C=O) groups excluding carboxylic acids is 1. The van der Waals surface area contributed by atoms with Gasteiger partial charge in [0.25, 0.3) is 0 Å². The summed E-state index contributed by atoms with van der Waals surface area (Å²) < 4.78 is 33.3. The van der Waals surface area contributed by atoms with E-state index in [2.05, 4.69) is 15.0 Å². The molecule has 2 heterocycles. The van der Waals surface area contributed by atoms with Crippen LogP contribution < -0.4 is 14.8 Å². The van der Waals surface area contributed by atoms with Crippen LogP contribution in [0, 0.1) is 0 Å². The predicted octanol–water partition coefficient (Wildman–Crippen LogP) is 2.48. The van der Waals surface area contributed by atoms with E-state index in [9.17, 15) is 13.2 Å². The average molecular weight is 397 g/mol. The van der Waals surface area contributed by atoms with Crippen molar-refractivity contribution in [2.45, 2.75) is 17.7 Å². The monoisotopic (exact) mass is 397 g/mol. The molecule has 1 aromatic heterocycles. The van der Waals surface area contributed by atoms with Crippen LogP contribution >= 0.6 is 0 Å². The lowest BCUT2D eigenvalue weighted by Crippen LogP contribution is -2.28. The molecule has 0 radical (unpaired) electrons.